The van der Waals surface area contributed by atoms with E-state index < -0.39 is 18.0 Å². The SMILES string of the molecule is C#Cc1cccc(NC(=O)Nc2cc(C(=O)OCCCCCCCCCCCC)cc(C(=O)OCCCCCCCCCCCC)c2)c1. The second-order valence-electron chi connectivity index (χ2n) is 12.7. The van der Waals surface area contributed by atoms with Gasteiger partial charge in [-0.2, -0.15) is 0 Å². The van der Waals surface area contributed by atoms with Crippen molar-refractivity contribution in [1.82, 2.24) is 0 Å². The van der Waals surface area contributed by atoms with Gasteiger partial charge >= 0.3 is 18.0 Å². The summed E-state index contributed by atoms with van der Waals surface area (Å²) in [5, 5.41) is 5.46. The Morgan fingerprint density at radius 2 is 0.979 bits per heavy atom. The van der Waals surface area contributed by atoms with Gasteiger partial charge in [0.15, 0.2) is 0 Å². The summed E-state index contributed by atoms with van der Waals surface area (Å²) in [5.74, 6) is 1.46. The van der Waals surface area contributed by atoms with E-state index in [1.54, 1.807) is 24.3 Å². The highest BCUT2D eigenvalue weighted by Gasteiger charge is 2.17. The Morgan fingerprint density at radius 1 is 0.562 bits per heavy atom. The van der Waals surface area contributed by atoms with Gasteiger partial charge < -0.3 is 20.1 Å². The maximum absolute atomic E-state index is 13.0. The minimum Gasteiger partial charge on any atom is -0.462 e. The molecule has 0 aliphatic rings. The van der Waals surface area contributed by atoms with E-state index in [1.807, 2.05) is 0 Å². The van der Waals surface area contributed by atoms with Crippen LogP contribution in [0.3, 0.4) is 0 Å². The Balaban J connectivity index is 1.89. The molecule has 2 amide bonds. The number of hydrogen-bond acceptors (Lipinski definition) is 5. The monoisotopic (exact) mass is 660 g/mol. The lowest BCUT2D eigenvalue weighted by atomic mass is 10.1. The minimum absolute atomic E-state index is 0.181. The molecule has 2 N–H and O–H groups in total. The molecule has 48 heavy (non-hydrogen) atoms. The molecule has 2 aromatic carbocycles. The lowest BCUT2D eigenvalue weighted by Gasteiger charge is -2.12. The van der Waals surface area contributed by atoms with Crippen LogP contribution in [0.25, 0.3) is 0 Å². The zero-order chi connectivity index (χ0) is 34.7. The second-order valence-corrected chi connectivity index (χ2v) is 12.7. The van der Waals surface area contributed by atoms with Gasteiger partial charge in [-0.15, -0.1) is 6.42 Å². The fourth-order valence-corrected chi connectivity index (χ4v) is 5.59. The molecule has 7 nitrogen and oxygen atoms in total. The van der Waals surface area contributed by atoms with Crippen LogP contribution in [0.5, 0.6) is 0 Å². The van der Waals surface area contributed by atoms with Crippen LogP contribution < -0.4 is 10.6 Å². The van der Waals surface area contributed by atoms with Crippen molar-refractivity contribution in [3.8, 4) is 12.3 Å². The molecule has 2 aromatic rings. The van der Waals surface area contributed by atoms with Gasteiger partial charge in [0.2, 0.25) is 0 Å². The van der Waals surface area contributed by atoms with Crippen molar-refractivity contribution in [3.63, 3.8) is 0 Å². The zero-order valence-electron chi connectivity index (χ0n) is 29.7. The summed E-state index contributed by atoms with van der Waals surface area (Å²) in [6.07, 6.45) is 29.2. The first-order chi connectivity index (χ1) is 23.5. The van der Waals surface area contributed by atoms with E-state index in [0.717, 1.165) is 38.5 Å². The van der Waals surface area contributed by atoms with Crippen LogP contribution in [-0.2, 0) is 9.47 Å². The van der Waals surface area contributed by atoms with Crippen molar-refractivity contribution >= 4 is 29.3 Å². The molecule has 264 valence electrons. The molecule has 0 unspecified atom stereocenters. The Hall–Kier alpha value is -3.79. The second kappa shape index (κ2) is 26.2. The molecule has 0 bridgehead atoms. The van der Waals surface area contributed by atoms with E-state index in [1.165, 1.54) is 108 Å². The first kappa shape index (κ1) is 40.4. The van der Waals surface area contributed by atoms with E-state index in [4.69, 9.17) is 15.9 Å². The Bertz CT molecular complexity index is 1200. The fourth-order valence-electron chi connectivity index (χ4n) is 5.59. The van der Waals surface area contributed by atoms with Crippen molar-refractivity contribution in [2.45, 2.75) is 142 Å². The molecule has 0 saturated heterocycles. The number of urea groups is 1. The highest BCUT2D eigenvalue weighted by Crippen LogP contribution is 2.20. The van der Waals surface area contributed by atoms with E-state index in [-0.39, 0.29) is 16.8 Å². The Morgan fingerprint density at radius 3 is 1.42 bits per heavy atom. The summed E-state index contributed by atoms with van der Waals surface area (Å²) in [6, 6.07) is 10.9. The Kier molecular flexibility index (Phi) is 22.0. The van der Waals surface area contributed by atoms with Crippen LogP contribution in [0.1, 0.15) is 169 Å². The molecule has 0 aliphatic heterocycles. The predicted molar refractivity (Wildman–Crippen MR) is 198 cm³/mol. The molecule has 0 saturated carbocycles. The third-order valence-electron chi connectivity index (χ3n) is 8.41. The average Bonchev–Trinajstić information content (AvgIpc) is 3.09. The highest BCUT2D eigenvalue weighted by atomic mass is 16.5. The maximum Gasteiger partial charge on any atom is 0.338 e. The van der Waals surface area contributed by atoms with Crippen LogP contribution in [-0.4, -0.2) is 31.2 Å². The number of carbonyl (C=O) groups excluding carboxylic acids is 3. The van der Waals surface area contributed by atoms with Crippen LogP contribution >= 0.6 is 0 Å². The average molecular weight is 661 g/mol. The van der Waals surface area contributed by atoms with Crippen molar-refractivity contribution < 1.29 is 23.9 Å². The minimum atomic E-state index is -0.541. The molecule has 0 fully saturated rings. The lowest BCUT2D eigenvalue weighted by Crippen LogP contribution is -2.20. The number of terminal acetylenes is 1. The molecule has 0 heterocycles. The summed E-state index contributed by atoms with van der Waals surface area (Å²) in [5.41, 5.74) is 1.79. The molecular formula is C41H60N2O5. The zero-order valence-corrected chi connectivity index (χ0v) is 29.7. The number of hydrogen-bond donors (Lipinski definition) is 2. The number of anilines is 2. The van der Waals surface area contributed by atoms with Gasteiger partial charge in [-0.05, 0) is 49.2 Å². The van der Waals surface area contributed by atoms with Crippen molar-refractivity contribution in [3.05, 3.63) is 59.2 Å². The molecule has 0 spiro atoms. The van der Waals surface area contributed by atoms with Gasteiger partial charge in [0.05, 0.1) is 24.3 Å². The molecule has 2 rings (SSSR count). The maximum atomic E-state index is 13.0. The standard InChI is InChI=1S/C41H60N2O5/c1-4-7-9-11-13-15-17-19-21-23-28-47-39(44)35-31-36(40(45)48-29-24-22-20-18-16-14-12-10-8-5-2)33-38(32-35)43-41(46)42-37-27-25-26-34(6-3)30-37/h3,25-27,30-33H,4-5,7-24,28-29H2,1-2H3,(H2,42,43,46). The third kappa shape index (κ3) is 18.5. The first-order valence-electron chi connectivity index (χ1n) is 18.6. The van der Waals surface area contributed by atoms with Crippen LogP contribution in [0.2, 0.25) is 0 Å². The van der Waals surface area contributed by atoms with E-state index >= 15 is 0 Å². The molecule has 7 heteroatoms. The molecule has 0 atom stereocenters. The van der Waals surface area contributed by atoms with Crippen LogP contribution in [0, 0.1) is 12.3 Å². The quantitative estimate of drug-likeness (QED) is 0.0595. The van der Waals surface area contributed by atoms with E-state index in [2.05, 4.69) is 30.4 Å². The van der Waals surface area contributed by atoms with Crippen molar-refractivity contribution in [2.75, 3.05) is 23.8 Å². The van der Waals surface area contributed by atoms with E-state index in [0.29, 0.717) is 24.5 Å². The number of unbranched alkanes of at least 4 members (excludes halogenated alkanes) is 18. The fraction of sp³-hybridized carbons (Fsp3) is 0.585. The van der Waals surface area contributed by atoms with Gasteiger partial charge in [-0.1, -0.05) is 141 Å². The summed E-state index contributed by atoms with van der Waals surface area (Å²) in [7, 11) is 0. The highest BCUT2D eigenvalue weighted by molar-refractivity contribution is 6.03. The Labute approximate surface area is 290 Å². The van der Waals surface area contributed by atoms with Crippen molar-refractivity contribution in [1.29, 1.82) is 0 Å². The number of rotatable bonds is 26. The van der Waals surface area contributed by atoms with Gasteiger partial charge in [-0.3, -0.25) is 0 Å². The van der Waals surface area contributed by atoms with Gasteiger partial charge in [0.25, 0.3) is 0 Å². The number of nitrogens with one attached hydrogen (secondary N) is 2. The molecule has 0 radical (unpaired) electrons. The smallest absolute Gasteiger partial charge is 0.338 e. The van der Waals surface area contributed by atoms with Gasteiger partial charge in [0, 0.05) is 16.9 Å². The number of carbonyl (C=O) groups is 3. The van der Waals surface area contributed by atoms with Gasteiger partial charge in [0.1, 0.15) is 0 Å². The largest absolute Gasteiger partial charge is 0.462 e. The number of esters is 2. The van der Waals surface area contributed by atoms with Crippen LogP contribution in [0.15, 0.2) is 42.5 Å². The number of amides is 2. The molecule has 0 aliphatic carbocycles. The summed E-state index contributed by atoms with van der Waals surface area (Å²) in [4.78, 5) is 38.8. The number of benzene rings is 2. The summed E-state index contributed by atoms with van der Waals surface area (Å²) >= 11 is 0. The number of ether oxygens (including phenoxy) is 2. The topological polar surface area (TPSA) is 93.7 Å². The van der Waals surface area contributed by atoms with Gasteiger partial charge in [-0.25, -0.2) is 14.4 Å². The first-order valence-corrected chi connectivity index (χ1v) is 18.6. The molecular weight excluding hydrogens is 600 g/mol. The normalized spacial score (nSPS) is 10.7. The van der Waals surface area contributed by atoms with E-state index in [9.17, 15) is 14.4 Å². The molecule has 0 aromatic heterocycles. The lowest BCUT2D eigenvalue weighted by molar-refractivity contribution is 0.0496. The summed E-state index contributed by atoms with van der Waals surface area (Å²) < 4.78 is 11.1. The summed E-state index contributed by atoms with van der Waals surface area (Å²) in [6.45, 7) is 5.07. The van der Waals surface area contributed by atoms with Crippen molar-refractivity contribution in [2.24, 2.45) is 0 Å². The van der Waals surface area contributed by atoms with Crippen LogP contribution in [0.4, 0.5) is 16.2 Å². The predicted octanol–water partition coefficient (Wildman–Crippen LogP) is 11.5. The third-order valence-corrected chi connectivity index (χ3v) is 8.41.